The van der Waals surface area contributed by atoms with Gasteiger partial charge in [-0.1, -0.05) is 12.1 Å². The van der Waals surface area contributed by atoms with Gasteiger partial charge in [0.1, 0.15) is 29.2 Å². The quantitative estimate of drug-likeness (QED) is 0.509. The van der Waals surface area contributed by atoms with Crippen molar-refractivity contribution in [2.75, 3.05) is 19.5 Å². The van der Waals surface area contributed by atoms with Crippen molar-refractivity contribution in [3.63, 3.8) is 0 Å². The summed E-state index contributed by atoms with van der Waals surface area (Å²) in [5.41, 5.74) is 2.21. The number of aromatic nitrogens is 2. The van der Waals surface area contributed by atoms with Crippen LogP contribution in [0.3, 0.4) is 0 Å². The third kappa shape index (κ3) is 4.91. The number of fused-ring (bicyclic) bond motifs is 1. The van der Waals surface area contributed by atoms with Gasteiger partial charge < -0.3 is 29.1 Å². The molecular formula is C17H18N3O5PS. The number of ether oxygens (including phenoxy) is 2. The average molecular weight is 407 g/mol. The minimum Gasteiger partial charge on any atom is -0.497 e. The molecule has 1 heterocycles. The zero-order valence-electron chi connectivity index (χ0n) is 14.6. The van der Waals surface area contributed by atoms with Crippen LogP contribution >= 0.6 is 6.72 Å². The molecular weight excluding hydrogens is 389 g/mol. The van der Waals surface area contributed by atoms with Crippen molar-refractivity contribution < 1.29 is 23.8 Å². The predicted molar refractivity (Wildman–Crippen MR) is 106 cm³/mol. The maximum Gasteiger partial charge on any atom is 0.322 e. The number of nitrogens with zero attached hydrogens (tertiary/aromatic N) is 2. The molecule has 0 bridgehead atoms. The van der Waals surface area contributed by atoms with Crippen molar-refractivity contribution >= 4 is 40.9 Å². The van der Waals surface area contributed by atoms with E-state index in [0.717, 1.165) is 16.6 Å². The summed E-state index contributed by atoms with van der Waals surface area (Å²) < 4.78 is 15.6. The van der Waals surface area contributed by atoms with Gasteiger partial charge in [-0.3, -0.25) is 0 Å². The first-order valence-corrected chi connectivity index (χ1v) is 10.4. The fraction of sp³-hybridized carbons (Fsp3) is 0.176. The summed E-state index contributed by atoms with van der Waals surface area (Å²) in [5.74, 6) is 1.82. The van der Waals surface area contributed by atoms with Crippen LogP contribution in [0.15, 0.2) is 42.7 Å². The normalized spacial score (nSPS) is 11.4. The molecule has 10 heteroatoms. The van der Waals surface area contributed by atoms with Crippen LogP contribution in [0, 0.1) is 0 Å². The summed E-state index contributed by atoms with van der Waals surface area (Å²) in [6, 6.07) is 10.8. The highest BCUT2D eigenvalue weighted by Gasteiger charge is 2.12. The molecule has 0 amide bonds. The average Bonchev–Trinajstić information content (AvgIpc) is 2.66. The topological polar surface area (TPSA) is 106 Å². The second-order valence-electron chi connectivity index (χ2n) is 5.53. The summed E-state index contributed by atoms with van der Waals surface area (Å²) in [4.78, 5) is 26.9. The van der Waals surface area contributed by atoms with E-state index in [-0.39, 0.29) is 6.61 Å². The molecule has 0 radical (unpaired) electrons. The van der Waals surface area contributed by atoms with Gasteiger partial charge >= 0.3 is 6.72 Å². The highest BCUT2D eigenvalue weighted by molar-refractivity contribution is 8.06. The Morgan fingerprint density at radius 1 is 1.07 bits per heavy atom. The molecule has 3 N–H and O–H groups in total. The second-order valence-corrected chi connectivity index (χ2v) is 8.20. The van der Waals surface area contributed by atoms with Gasteiger partial charge in [-0.05, 0) is 35.6 Å². The van der Waals surface area contributed by atoms with E-state index in [1.54, 1.807) is 32.4 Å². The van der Waals surface area contributed by atoms with Crippen LogP contribution in [0.2, 0.25) is 0 Å². The fourth-order valence-corrected chi connectivity index (χ4v) is 2.94. The summed E-state index contributed by atoms with van der Waals surface area (Å²) in [5, 5.41) is 3.99. The van der Waals surface area contributed by atoms with Crippen molar-refractivity contribution in [1.82, 2.24) is 9.97 Å². The first-order chi connectivity index (χ1) is 12.9. The largest absolute Gasteiger partial charge is 0.497 e. The molecule has 27 heavy (non-hydrogen) atoms. The molecule has 142 valence electrons. The molecule has 0 aliphatic heterocycles. The van der Waals surface area contributed by atoms with Crippen molar-refractivity contribution in [2.45, 2.75) is 6.61 Å². The van der Waals surface area contributed by atoms with E-state index in [9.17, 15) is 0 Å². The number of anilines is 2. The lowest BCUT2D eigenvalue weighted by Gasteiger charge is -2.12. The summed E-state index contributed by atoms with van der Waals surface area (Å²) >= 11 is 4.44. The number of benzene rings is 2. The first-order valence-electron chi connectivity index (χ1n) is 7.82. The number of rotatable bonds is 7. The van der Waals surface area contributed by atoms with E-state index in [2.05, 4.69) is 27.1 Å². The van der Waals surface area contributed by atoms with Gasteiger partial charge in [0.05, 0.1) is 26.2 Å². The Kier molecular flexibility index (Phi) is 5.88. The third-order valence-electron chi connectivity index (χ3n) is 3.75. The smallest absolute Gasteiger partial charge is 0.322 e. The van der Waals surface area contributed by atoms with Gasteiger partial charge in [0.25, 0.3) is 0 Å². The molecule has 0 saturated heterocycles. The monoisotopic (exact) mass is 407 g/mol. The number of methoxy groups -OCH3 is 2. The molecule has 2 aromatic carbocycles. The van der Waals surface area contributed by atoms with Gasteiger partial charge in [0.2, 0.25) is 0 Å². The highest BCUT2D eigenvalue weighted by atomic mass is 32.5. The summed E-state index contributed by atoms with van der Waals surface area (Å²) in [7, 11) is 3.15. The maximum atomic E-state index is 9.13. The Morgan fingerprint density at radius 2 is 1.81 bits per heavy atom. The molecule has 3 aromatic rings. The number of hydrogen-bond donors (Lipinski definition) is 3. The SMILES string of the molecule is COc1cc(OC)c2ncnc(Nc3ccc(COP(O)(O)=S)cc3)c2c1. The zero-order chi connectivity index (χ0) is 19.4. The van der Waals surface area contributed by atoms with E-state index in [0.29, 0.717) is 22.8 Å². The van der Waals surface area contributed by atoms with E-state index in [1.165, 1.54) is 6.33 Å². The lowest BCUT2D eigenvalue weighted by Crippen LogP contribution is -1.98. The Balaban J connectivity index is 1.87. The molecule has 0 unspecified atom stereocenters. The standard InChI is InChI=1S/C17H18N3O5PS/c1-23-13-7-14-16(15(8-13)24-2)18-10-19-17(14)20-12-5-3-11(4-6-12)9-25-26(21,22)27/h3-8,10H,9H2,1-2H3,(H,18,19,20)(H2,21,22,27). The molecule has 8 nitrogen and oxygen atoms in total. The molecule has 0 fully saturated rings. The lowest BCUT2D eigenvalue weighted by molar-refractivity contribution is 0.242. The van der Waals surface area contributed by atoms with E-state index in [1.807, 2.05) is 18.2 Å². The first kappa shape index (κ1) is 19.5. The minimum absolute atomic E-state index is 0.0232. The van der Waals surface area contributed by atoms with Crippen molar-refractivity contribution in [1.29, 1.82) is 0 Å². The molecule has 0 spiro atoms. The van der Waals surface area contributed by atoms with Gasteiger partial charge in [-0.2, -0.15) is 0 Å². The van der Waals surface area contributed by atoms with Crippen LogP contribution in [0.4, 0.5) is 11.5 Å². The van der Waals surface area contributed by atoms with E-state index >= 15 is 0 Å². The fourth-order valence-electron chi connectivity index (χ4n) is 2.46. The lowest BCUT2D eigenvalue weighted by atomic mass is 10.2. The van der Waals surface area contributed by atoms with Gasteiger partial charge in [0.15, 0.2) is 0 Å². The summed E-state index contributed by atoms with van der Waals surface area (Å²) in [6.45, 7) is -3.64. The molecule has 0 atom stereocenters. The van der Waals surface area contributed by atoms with Crippen LogP contribution in [-0.2, 0) is 22.9 Å². The van der Waals surface area contributed by atoms with Crippen molar-refractivity contribution in [3.05, 3.63) is 48.3 Å². The van der Waals surface area contributed by atoms with Crippen molar-refractivity contribution in [2.24, 2.45) is 0 Å². The van der Waals surface area contributed by atoms with E-state index < -0.39 is 6.72 Å². The Hall–Kier alpha value is -2.29. The molecule has 3 rings (SSSR count). The van der Waals surface area contributed by atoms with Gasteiger partial charge in [-0.25, -0.2) is 9.97 Å². The third-order valence-corrected chi connectivity index (χ3v) is 4.53. The minimum atomic E-state index is -3.66. The van der Waals surface area contributed by atoms with Gasteiger partial charge in [-0.15, -0.1) is 0 Å². The van der Waals surface area contributed by atoms with Crippen LogP contribution < -0.4 is 14.8 Å². The number of hydrogen-bond acceptors (Lipinski definition) is 7. The Morgan fingerprint density at radius 3 is 2.44 bits per heavy atom. The van der Waals surface area contributed by atoms with Crippen LogP contribution in [0.25, 0.3) is 10.9 Å². The van der Waals surface area contributed by atoms with Crippen LogP contribution in [0.5, 0.6) is 11.5 Å². The molecule has 1 aromatic heterocycles. The molecule has 0 saturated carbocycles. The van der Waals surface area contributed by atoms with Crippen molar-refractivity contribution in [3.8, 4) is 11.5 Å². The number of nitrogens with one attached hydrogen (secondary N) is 1. The van der Waals surface area contributed by atoms with E-state index in [4.69, 9.17) is 23.8 Å². The maximum absolute atomic E-state index is 9.13. The van der Waals surface area contributed by atoms with Crippen LogP contribution in [-0.4, -0.2) is 34.0 Å². The molecule has 0 aliphatic rings. The van der Waals surface area contributed by atoms with Crippen LogP contribution in [0.1, 0.15) is 5.56 Å². The summed E-state index contributed by atoms with van der Waals surface area (Å²) in [6.07, 6.45) is 1.46. The Bertz CT molecular complexity index is 994. The zero-order valence-corrected chi connectivity index (χ0v) is 16.3. The van der Waals surface area contributed by atoms with Gasteiger partial charge in [0, 0.05) is 11.8 Å². The highest BCUT2D eigenvalue weighted by Crippen LogP contribution is 2.37. The molecule has 0 aliphatic carbocycles. The predicted octanol–water partition coefficient (Wildman–Crippen LogP) is 3.12. The Labute approximate surface area is 161 Å². The second kappa shape index (κ2) is 8.16.